The maximum Gasteiger partial charge on any atom is 0.330 e. The smallest absolute Gasteiger partial charge is 0.330 e. The van der Waals surface area contributed by atoms with Crippen molar-refractivity contribution in [2.45, 2.75) is 27.2 Å². The number of ether oxygens (including phenoxy) is 1. The van der Waals surface area contributed by atoms with Crippen LogP contribution in [0.4, 0.5) is 0 Å². The monoisotopic (exact) mass is 218 g/mol. The summed E-state index contributed by atoms with van der Waals surface area (Å²) in [6.45, 7) is 5.16. The van der Waals surface area contributed by atoms with Crippen molar-refractivity contribution in [3.05, 3.63) is 11.6 Å². The Morgan fingerprint density at radius 2 is 1.87 bits per heavy atom. The third kappa shape index (κ3) is 15.4. The minimum absolute atomic E-state index is 0.00458. The van der Waals surface area contributed by atoms with E-state index in [2.05, 4.69) is 4.74 Å². The molecule has 88 valence electrons. The van der Waals surface area contributed by atoms with Crippen molar-refractivity contribution >= 4 is 11.9 Å². The molecule has 0 saturated heterocycles. The van der Waals surface area contributed by atoms with Crippen LogP contribution in [0.2, 0.25) is 0 Å². The summed E-state index contributed by atoms with van der Waals surface area (Å²) in [5.74, 6) is -1.14. The first kappa shape index (κ1) is 16.1. The first-order chi connectivity index (χ1) is 6.95. The Balaban J connectivity index is 0. The highest BCUT2D eigenvalue weighted by Gasteiger charge is 1.96. The SMILES string of the molecule is CC(=CCCO)C(=O)O.CCOC(C)=O. The van der Waals surface area contributed by atoms with E-state index in [1.165, 1.54) is 19.9 Å². The van der Waals surface area contributed by atoms with Gasteiger partial charge in [0.15, 0.2) is 0 Å². The van der Waals surface area contributed by atoms with Crippen molar-refractivity contribution < 1.29 is 24.5 Å². The van der Waals surface area contributed by atoms with E-state index in [9.17, 15) is 9.59 Å². The predicted molar refractivity (Wildman–Crippen MR) is 55.4 cm³/mol. The van der Waals surface area contributed by atoms with Crippen molar-refractivity contribution in [3.63, 3.8) is 0 Å². The summed E-state index contributed by atoms with van der Waals surface area (Å²) in [6, 6.07) is 0. The Hall–Kier alpha value is -1.36. The molecule has 0 rings (SSSR count). The minimum Gasteiger partial charge on any atom is -0.478 e. The molecule has 5 heteroatoms. The van der Waals surface area contributed by atoms with Gasteiger partial charge >= 0.3 is 11.9 Å². The van der Waals surface area contributed by atoms with Gasteiger partial charge in [-0.1, -0.05) is 6.08 Å². The number of hydrogen-bond donors (Lipinski definition) is 2. The summed E-state index contributed by atoms with van der Waals surface area (Å²) in [7, 11) is 0. The lowest BCUT2D eigenvalue weighted by atomic mass is 10.2. The van der Waals surface area contributed by atoms with Crippen LogP contribution in [0.15, 0.2) is 11.6 Å². The molecule has 5 nitrogen and oxygen atoms in total. The number of aliphatic carboxylic acids is 1. The van der Waals surface area contributed by atoms with Gasteiger partial charge in [0, 0.05) is 19.1 Å². The van der Waals surface area contributed by atoms with E-state index in [1.54, 1.807) is 6.92 Å². The summed E-state index contributed by atoms with van der Waals surface area (Å²) in [5, 5.41) is 16.5. The second-order valence-corrected chi connectivity index (χ2v) is 2.63. The van der Waals surface area contributed by atoms with E-state index in [4.69, 9.17) is 10.2 Å². The molecule has 0 radical (unpaired) electrons. The lowest BCUT2D eigenvalue weighted by Gasteiger charge is -1.89. The fourth-order valence-corrected chi connectivity index (χ4v) is 0.572. The average Bonchev–Trinajstić information content (AvgIpc) is 2.14. The highest BCUT2D eigenvalue weighted by Crippen LogP contribution is 1.93. The van der Waals surface area contributed by atoms with Crippen molar-refractivity contribution in [1.82, 2.24) is 0 Å². The summed E-state index contributed by atoms with van der Waals surface area (Å²) in [4.78, 5) is 19.9. The van der Waals surface area contributed by atoms with Crippen LogP contribution in [0, 0.1) is 0 Å². The number of hydrogen-bond acceptors (Lipinski definition) is 4. The Morgan fingerprint density at radius 3 is 2.07 bits per heavy atom. The maximum atomic E-state index is 10.1. The minimum atomic E-state index is -0.927. The zero-order valence-electron chi connectivity index (χ0n) is 9.32. The summed E-state index contributed by atoms with van der Waals surface area (Å²) < 4.78 is 4.40. The van der Waals surface area contributed by atoms with E-state index < -0.39 is 5.97 Å². The first-order valence-electron chi connectivity index (χ1n) is 4.59. The molecular formula is C10H18O5. The number of aliphatic hydroxyl groups is 1. The highest BCUT2D eigenvalue weighted by atomic mass is 16.5. The van der Waals surface area contributed by atoms with E-state index >= 15 is 0 Å². The van der Waals surface area contributed by atoms with Gasteiger partial charge in [-0.3, -0.25) is 4.79 Å². The summed E-state index contributed by atoms with van der Waals surface area (Å²) in [6.07, 6.45) is 1.90. The van der Waals surface area contributed by atoms with Crippen LogP contribution < -0.4 is 0 Å². The van der Waals surface area contributed by atoms with Crippen LogP contribution in [-0.2, 0) is 14.3 Å². The highest BCUT2D eigenvalue weighted by molar-refractivity contribution is 5.85. The molecule has 0 spiro atoms. The molecule has 0 heterocycles. The second kappa shape index (κ2) is 10.7. The Kier molecular flexibility index (Phi) is 11.5. The number of carboxylic acids is 1. The predicted octanol–water partition coefficient (Wildman–Crippen LogP) is 0.969. The van der Waals surface area contributed by atoms with Crippen molar-refractivity contribution in [1.29, 1.82) is 0 Å². The van der Waals surface area contributed by atoms with E-state index in [0.29, 0.717) is 13.0 Å². The third-order valence-corrected chi connectivity index (χ3v) is 1.26. The Bertz CT molecular complexity index is 220. The molecule has 0 aromatic rings. The zero-order valence-corrected chi connectivity index (χ0v) is 9.32. The van der Waals surface area contributed by atoms with Crippen LogP contribution in [0.25, 0.3) is 0 Å². The van der Waals surface area contributed by atoms with Gasteiger partial charge < -0.3 is 14.9 Å². The molecule has 0 aliphatic carbocycles. The number of rotatable bonds is 4. The van der Waals surface area contributed by atoms with E-state index in [-0.39, 0.29) is 18.1 Å². The van der Waals surface area contributed by atoms with Gasteiger partial charge in [-0.15, -0.1) is 0 Å². The molecular weight excluding hydrogens is 200 g/mol. The number of carbonyl (C=O) groups excluding carboxylic acids is 1. The zero-order chi connectivity index (χ0) is 12.3. The van der Waals surface area contributed by atoms with Crippen molar-refractivity contribution in [3.8, 4) is 0 Å². The number of carbonyl (C=O) groups is 2. The topological polar surface area (TPSA) is 83.8 Å². The van der Waals surface area contributed by atoms with Gasteiger partial charge in [-0.25, -0.2) is 4.79 Å². The van der Waals surface area contributed by atoms with E-state index in [1.807, 2.05) is 0 Å². The number of aliphatic hydroxyl groups excluding tert-OH is 1. The van der Waals surface area contributed by atoms with Gasteiger partial charge in [-0.05, 0) is 20.3 Å². The van der Waals surface area contributed by atoms with Crippen LogP contribution in [0.3, 0.4) is 0 Å². The lowest BCUT2D eigenvalue weighted by Crippen LogP contribution is -1.95. The lowest BCUT2D eigenvalue weighted by molar-refractivity contribution is -0.140. The molecule has 0 saturated carbocycles. The molecule has 15 heavy (non-hydrogen) atoms. The number of carboxylic acid groups (broad SMARTS) is 1. The van der Waals surface area contributed by atoms with Crippen LogP contribution in [-0.4, -0.2) is 35.4 Å². The molecule has 0 fully saturated rings. The summed E-state index contributed by atoms with van der Waals surface area (Å²) >= 11 is 0. The molecule has 0 atom stereocenters. The van der Waals surface area contributed by atoms with Crippen molar-refractivity contribution in [2.75, 3.05) is 13.2 Å². The Morgan fingerprint density at radius 1 is 1.33 bits per heavy atom. The second-order valence-electron chi connectivity index (χ2n) is 2.63. The molecule has 0 unspecified atom stereocenters. The fourth-order valence-electron chi connectivity index (χ4n) is 0.572. The largest absolute Gasteiger partial charge is 0.478 e. The van der Waals surface area contributed by atoms with Gasteiger partial charge in [0.05, 0.1) is 6.61 Å². The third-order valence-electron chi connectivity index (χ3n) is 1.26. The fraction of sp³-hybridized carbons (Fsp3) is 0.600. The van der Waals surface area contributed by atoms with Gasteiger partial charge in [-0.2, -0.15) is 0 Å². The van der Waals surface area contributed by atoms with Crippen LogP contribution in [0.1, 0.15) is 27.2 Å². The number of esters is 1. The maximum absolute atomic E-state index is 10.1. The molecule has 0 amide bonds. The molecule has 0 aliphatic rings. The Labute approximate surface area is 89.4 Å². The van der Waals surface area contributed by atoms with E-state index in [0.717, 1.165) is 0 Å². The molecule has 0 aliphatic heterocycles. The molecule has 0 bridgehead atoms. The normalized spacial score (nSPS) is 10.0. The summed E-state index contributed by atoms with van der Waals surface area (Å²) in [5.41, 5.74) is 0.282. The molecule has 0 aromatic heterocycles. The average molecular weight is 218 g/mol. The van der Waals surface area contributed by atoms with Crippen LogP contribution >= 0.6 is 0 Å². The molecule has 2 N–H and O–H groups in total. The van der Waals surface area contributed by atoms with Crippen LogP contribution in [0.5, 0.6) is 0 Å². The first-order valence-corrected chi connectivity index (χ1v) is 4.59. The quantitative estimate of drug-likeness (QED) is 0.542. The molecule has 0 aromatic carbocycles. The van der Waals surface area contributed by atoms with Crippen molar-refractivity contribution in [2.24, 2.45) is 0 Å². The van der Waals surface area contributed by atoms with Gasteiger partial charge in [0.1, 0.15) is 0 Å². The van der Waals surface area contributed by atoms with Gasteiger partial charge in [0.2, 0.25) is 0 Å². The van der Waals surface area contributed by atoms with Gasteiger partial charge in [0.25, 0.3) is 0 Å². The standard InChI is InChI=1S/C6H10O3.C4H8O2/c1-5(6(8)9)3-2-4-7;1-3-6-4(2)5/h3,7H,2,4H2,1H3,(H,8,9);3H2,1-2H3.